The van der Waals surface area contributed by atoms with Crippen molar-refractivity contribution in [2.75, 3.05) is 0 Å². The Morgan fingerprint density at radius 3 is 2.83 bits per heavy atom. The number of nitrogens with zero attached hydrogens (tertiary/aromatic N) is 1. The summed E-state index contributed by atoms with van der Waals surface area (Å²) in [6.07, 6.45) is 0. The highest BCUT2D eigenvalue weighted by Gasteiger charge is 2.17. The molecule has 4 nitrogen and oxygen atoms in total. The molecule has 1 amide bonds. The van der Waals surface area contributed by atoms with Crippen molar-refractivity contribution in [1.82, 2.24) is 10.3 Å². The first kappa shape index (κ1) is 17.3. The minimum absolute atomic E-state index is 0.0491. The zero-order valence-electron chi connectivity index (χ0n) is 13.4. The van der Waals surface area contributed by atoms with Gasteiger partial charge in [0.15, 0.2) is 0 Å². The molecule has 3 aromatic heterocycles. The third-order valence-electron chi connectivity index (χ3n) is 3.48. The number of rotatable bonds is 7. The highest BCUT2D eigenvalue weighted by Crippen LogP contribution is 2.28. The van der Waals surface area contributed by atoms with Crippen molar-refractivity contribution < 1.29 is 9.21 Å². The Labute approximate surface area is 153 Å². The normalized spacial score (nSPS) is 12.2. The summed E-state index contributed by atoms with van der Waals surface area (Å²) in [4.78, 5) is 18.9. The predicted octanol–water partition coefficient (Wildman–Crippen LogP) is 4.71. The molecule has 1 N–H and O–H groups in total. The summed E-state index contributed by atoms with van der Waals surface area (Å²) in [5, 5.41) is 6.85. The van der Waals surface area contributed by atoms with Gasteiger partial charge in [-0.2, -0.15) is 0 Å². The van der Waals surface area contributed by atoms with Gasteiger partial charge in [-0.1, -0.05) is 12.1 Å². The number of aromatic nitrogens is 1. The van der Waals surface area contributed by atoms with E-state index in [1.54, 1.807) is 34.4 Å². The topological polar surface area (TPSA) is 55.1 Å². The second-order valence-corrected chi connectivity index (χ2v) is 8.56. The Bertz CT molecular complexity index is 779. The predicted molar refractivity (Wildman–Crippen MR) is 101 cm³/mol. The van der Waals surface area contributed by atoms with Crippen molar-refractivity contribution in [2.45, 2.75) is 31.4 Å². The van der Waals surface area contributed by atoms with E-state index >= 15 is 0 Å². The van der Waals surface area contributed by atoms with E-state index in [4.69, 9.17) is 4.42 Å². The first-order valence-electron chi connectivity index (χ1n) is 7.55. The van der Waals surface area contributed by atoms with Gasteiger partial charge in [0.25, 0.3) is 0 Å². The van der Waals surface area contributed by atoms with Gasteiger partial charge in [0.1, 0.15) is 5.76 Å². The molecule has 0 saturated carbocycles. The summed E-state index contributed by atoms with van der Waals surface area (Å²) >= 11 is 4.83. The van der Waals surface area contributed by atoms with Gasteiger partial charge in [0.05, 0.1) is 22.4 Å². The highest BCUT2D eigenvalue weighted by molar-refractivity contribution is 7.99. The zero-order chi connectivity index (χ0) is 16.9. The van der Waals surface area contributed by atoms with Crippen molar-refractivity contribution in [1.29, 1.82) is 0 Å². The smallest absolute Gasteiger partial charge is 0.236 e. The second kappa shape index (κ2) is 8.00. The Balaban J connectivity index is 1.52. The molecule has 7 heteroatoms. The van der Waals surface area contributed by atoms with Crippen molar-refractivity contribution in [2.24, 2.45) is 0 Å². The first-order chi connectivity index (χ1) is 11.6. The van der Waals surface area contributed by atoms with Crippen molar-refractivity contribution >= 4 is 40.3 Å². The molecule has 24 heavy (non-hydrogen) atoms. The van der Waals surface area contributed by atoms with Gasteiger partial charge in [0.2, 0.25) is 11.8 Å². The van der Waals surface area contributed by atoms with Gasteiger partial charge >= 0.3 is 0 Å². The van der Waals surface area contributed by atoms with E-state index in [-0.39, 0.29) is 11.2 Å². The van der Waals surface area contributed by atoms with Gasteiger partial charge in [-0.15, -0.1) is 34.4 Å². The molecule has 0 bridgehead atoms. The minimum atomic E-state index is -0.133. The highest BCUT2D eigenvalue weighted by atomic mass is 32.2. The van der Waals surface area contributed by atoms with Crippen LogP contribution in [0.3, 0.4) is 0 Å². The minimum Gasteiger partial charge on any atom is -0.440 e. The van der Waals surface area contributed by atoms with E-state index in [0.717, 1.165) is 21.2 Å². The number of thioether (sulfide) groups is 1. The van der Waals surface area contributed by atoms with E-state index in [1.807, 2.05) is 48.9 Å². The number of aryl methyl sites for hydroxylation is 1. The van der Waals surface area contributed by atoms with Gasteiger partial charge < -0.3 is 9.73 Å². The van der Waals surface area contributed by atoms with Crippen LogP contribution in [0.25, 0.3) is 10.8 Å². The van der Waals surface area contributed by atoms with Crippen LogP contribution in [0.15, 0.2) is 39.4 Å². The lowest BCUT2D eigenvalue weighted by molar-refractivity contribution is -0.120. The number of amides is 1. The van der Waals surface area contributed by atoms with Gasteiger partial charge in [-0.3, -0.25) is 4.79 Å². The standard InChI is InChI=1S/C17H18N2O2S3/c1-11-14(19-17(21-11)15-6-4-8-23-15)10-24-12(2)16(20)18-9-13-5-3-7-22-13/h3-8,12H,9-10H2,1-2H3,(H,18,20). The molecule has 126 valence electrons. The molecule has 0 aliphatic heterocycles. The van der Waals surface area contributed by atoms with Crippen LogP contribution in [-0.2, 0) is 17.1 Å². The average Bonchev–Trinajstić information content (AvgIpc) is 3.31. The zero-order valence-corrected chi connectivity index (χ0v) is 15.9. The molecule has 0 aliphatic rings. The molecule has 1 atom stereocenters. The van der Waals surface area contributed by atoms with Crippen LogP contribution in [0, 0.1) is 6.92 Å². The molecule has 0 saturated heterocycles. The van der Waals surface area contributed by atoms with Crippen molar-refractivity contribution in [3.05, 3.63) is 51.4 Å². The maximum atomic E-state index is 12.2. The molecule has 1 unspecified atom stereocenters. The Morgan fingerprint density at radius 1 is 1.33 bits per heavy atom. The second-order valence-electron chi connectivity index (χ2n) is 5.25. The molecule has 0 aliphatic carbocycles. The van der Waals surface area contributed by atoms with Crippen LogP contribution in [0.2, 0.25) is 0 Å². The van der Waals surface area contributed by atoms with E-state index in [2.05, 4.69) is 10.3 Å². The van der Waals surface area contributed by atoms with Crippen LogP contribution < -0.4 is 5.32 Å². The lowest BCUT2D eigenvalue weighted by Gasteiger charge is -2.10. The number of thiophene rings is 2. The summed E-state index contributed by atoms with van der Waals surface area (Å²) in [6.45, 7) is 4.43. The van der Waals surface area contributed by atoms with E-state index in [9.17, 15) is 4.79 Å². The van der Waals surface area contributed by atoms with Gasteiger partial charge in [0, 0.05) is 10.6 Å². The fourth-order valence-electron chi connectivity index (χ4n) is 2.08. The fourth-order valence-corrected chi connectivity index (χ4v) is 4.28. The summed E-state index contributed by atoms with van der Waals surface area (Å²) in [5.74, 6) is 2.19. The van der Waals surface area contributed by atoms with E-state index < -0.39 is 0 Å². The summed E-state index contributed by atoms with van der Waals surface area (Å²) in [7, 11) is 0. The van der Waals surface area contributed by atoms with E-state index in [0.29, 0.717) is 18.2 Å². The monoisotopic (exact) mass is 378 g/mol. The summed E-state index contributed by atoms with van der Waals surface area (Å²) in [6, 6.07) is 7.98. The van der Waals surface area contributed by atoms with Crippen LogP contribution in [0.5, 0.6) is 0 Å². The van der Waals surface area contributed by atoms with Gasteiger partial charge in [-0.25, -0.2) is 4.98 Å². The molecular weight excluding hydrogens is 360 g/mol. The number of hydrogen-bond donors (Lipinski definition) is 1. The molecule has 0 aromatic carbocycles. The van der Waals surface area contributed by atoms with Crippen LogP contribution in [-0.4, -0.2) is 16.1 Å². The molecular formula is C17H18N2O2S3. The quantitative estimate of drug-likeness (QED) is 0.647. The Hall–Kier alpha value is -1.57. The van der Waals surface area contributed by atoms with Gasteiger partial charge in [-0.05, 0) is 36.7 Å². The number of carbonyl (C=O) groups is 1. The van der Waals surface area contributed by atoms with Crippen molar-refractivity contribution in [3.63, 3.8) is 0 Å². The van der Waals surface area contributed by atoms with Crippen molar-refractivity contribution in [3.8, 4) is 10.8 Å². The lowest BCUT2D eigenvalue weighted by Crippen LogP contribution is -2.30. The number of carbonyl (C=O) groups excluding carboxylic acids is 1. The van der Waals surface area contributed by atoms with Crippen LogP contribution >= 0.6 is 34.4 Å². The molecule has 3 heterocycles. The number of nitrogens with one attached hydrogen (secondary N) is 1. The third-order valence-corrected chi connectivity index (χ3v) is 6.37. The first-order valence-corrected chi connectivity index (χ1v) is 10.4. The molecule has 3 aromatic rings. The number of oxazole rings is 1. The lowest BCUT2D eigenvalue weighted by atomic mass is 10.4. The molecule has 3 rings (SSSR count). The SMILES string of the molecule is Cc1oc(-c2cccs2)nc1CSC(C)C(=O)NCc1cccs1. The maximum Gasteiger partial charge on any atom is 0.236 e. The maximum absolute atomic E-state index is 12.2. The largest absolute Gasteiger partial charge is 0.440 e. The number of hydrogen-bond acceptors (Lipinski definition) is 6. The van der Waals surface area contributed by atoms with Crippen LogP contribution in [0.4, 0.5) is 0 Å². The Kier molecular flexibility index (Phi) is 5.76. The summed E-state index contributed by atoms with van der Waals surface area (Å²) in [5.41, 5.74) is 0.904. The molecule has 0 radical (unpaired) electrons. The molecule has 0 spiro atoms. The van der Waals surface area contributed by atoms with Crippen LogP contribution in [0.1, 0.15) is 23.3 Å². The average molecular weight is 379 g/mol. The van der Waals surface area contributed by atoms with E-state index in [1.165, 1.54) is 0 Å². The summed E-state index contributed by atoms with van der Waals surface area (Å²) < 4.78 is 5.74. The Morgan fingerprint density at radius 2 is 2.12 bits per heavy atom. The molecule has 0 fully saturated rings. The fraction of sp³-hybridized carbons (Fsp3) is 0.294. The third kappa shape index (κ3) is 4.28.